The van der Waals surface area contributed by atoms with Crippen LogP contribution in [0, 0.1) is 0 Å². The summed E-state index contributed by atoms with van der Waals surface area (Å²) in [4.78, 5) is 8.72. The molecule has 0 aromatic carbocycles. The summed E-state index contributed by atoms with van der Waals surface area (Å²) < 4.78 is 2.20. The lowest BCUT2D eigenvalue weighted by Gasteiger charge is -2.12. The summed E-state index contributed by atoms with van der Waals surface area (Å²) in [5.41, 5.74) is 7.30. The quantitative estimate of drug-likeness (QED) is 0.828. The van der Waals surface area contributed by atoms with Crippen LogP contribution in [0.3, 0.4) is 0 Å². The van der Waals surface area contributed by atoms with E-state index in [0.29, 0.717) is 0 Å². The highest BCUT2D eigenvalue weighted by Crippen LogP contribution is 2.07. The van der Waals surface area contributed by atoms with E-state index in [2.05, 4.69) is 21.5 Å². The van der Waals surface area contributed by atoms with Crippen molar-refractivity contribution in [2.45, 2.75) is 45.2 Å². The van der Waals surface area contributed by atoms with Crippen LogP contribution in [0.2, 0.25) is 0 Å². The number of hydrogen-bond acceptors (Lipinski definition) is 3. The van der Waals surface area contributed by atoms with Crippen molar-refractivity contribution in [2.75, 3.05) is 0 Å². The molecule has 2 rings (SSSR count). The highest BCUT2D eigenvalue weighted by atomic mass is 15.1. The third-order valence-electron chi connectivity index (χ3n) is 3.21. The maximum atomic E-state index is 6.20. The fraction of sp³-hybridized carbons (Fsp3) is 0.467. The Labute approximate surface area is 114 Å². The fourth-order valence-electron chi connectivity index (χ4n) is 2.19. The Morgan fingerprint density at radius 1 is 1.26 bits per heavy atom. The Morgan fingerprint density at radius 2 is 2.16 bits per heavy atom. The average Bonchev–Trinajstić information content (AvgIpc) is 2.85. The van der Waals surface area contributed by atoms with Crippen LogP contribution in [0.5, 0.6) is 0 Å². The minimum absolute atomic E-state index is 0.139. The number of rotatable bonds is 7. The molecule has 1 unspecified atom stereocenters. The van der Waals surface area contributed by atoms with Crippen LogP contribution in [0.1, 0.15) is 31.3 Å². The number of hydrogen-bond donors (Lipinski definition) is 1. The van der Waals surface area contributed by atoms with Gasteiger partial charge in [0.25, 0.3) is 0 Å². The van der Waals surface area contributed by atoms with Gasteiger partial charge in [-0.25, -0.2) is 4.98 Å². The lowest BCUT2D eigenvalue weighted by molar-refractivity contribution is 0.555. The number of pyridine rings is 1. The molecular weight excluding hydrogens is 236 g/mol. The first-order valence-electron chi connectivity index (χ1n) is 6.95. The van der Waals surface area contributed by atoms with Crippen LogP contribution in [0.25, 0.3) is 0 Å². The Hall–Kier alpha value is -1.68. The van der Waals surface area contributed by atoms with Gasteiger partial charge < -0.3 is 10.3 Å². The molecule has 19 heavy (non-hydrogen) atoms. The lowest BCUT2D eigenvalue weighted by atomic mass is 10.1. The van der Waals surface area contributed by atoms with Crippen LogP contribution < -0.4 is 5.73 Å². The van der Waals surface area contributed by atoms with E-state index in [1.54, 1.807) is 0 Å². The molecule has 0 aliphatic rings. The summed E-state index contributed by atoms with van der Waals surface area (Å²) >= 11 is 0. The van der Waals surface area contributed by atoms with E-state index in [-0.39, 0.29) is 6.04 Å². The fourth-order valence-corrected chi connectivity index (χ4v) is 2.19. The van der Waals surface area contributed by atoms with E-state index in [9.17, 15) is 0 Å². The van der Waals surface area contributed by atoms with Gasteiger partial charge in [0.1, 0.15) is 5.82 Å². The Kier molecular flexibility index (Phi) is 5.10. The van der Waals surface area contributed by atoms with Crippen LogP contribution in [0.4, 0.5) is 0 Å². The number of aromatic nitrogens is 3. The van der Waals surface area contributed by atoms with Crippen LogP contribution in [-0.2, 0) is 19.4 Å². The molecule has 0 bridgehead atoms. The van der Waals surface area contributed by atoms with Gasteiger partial charge >= 0.3 is 0 Å². The number of aryl methyl sites for hydroxylation is 2. The minimum atomic E-state index is 0.139. The first-order chi connectivity index (χ1) is 9.29. The third-order valence-corrected chi connectivity index (χ3v) is 3.21. The Balaban J connectivity index is 1.84. The maximum absolute atomic E-state index is 6.20. The van der Waals surface area contributed by atoms with Gasteiger partial charge in [-0.1, -0.05) is 13.0 Å². The normalized spacial score (nSPS) is 12.5. The standard InChI is InChI=1S/C15H22N4/c1-2-10-19-11-9-18-15(19)12-13(16)6-7-14-5-3-4-8-17-14/h3-5,8-9,11,13H,2,6-7,10,12,16H2,1H3. The summed E-state index contributed by atoms with van der Waals surface area (Å²) in [5, 5.41) is 0. The molecule has 2 aromatic rings. The third kappa shape index (κ3) is 4.17. The molecule has 0 radical (unpaired) electrons. The maximum Gasteiger partial charge on any atom is 0.110 e. The first-order valence-corrected chi connectivity index (χ1v) is 6.95. The second kappa shape index (κ2) is 7.04. The zero-order valence-corrected chi connectivity index (χ0v) is 11.5. The molecule has 0 saturated carbocycles. The van der Waals surface area contributed by atoms with Crippen molar-refractivity contribution in [1.29, 1.82) is 0 Å². The van der Waals surface area contributed by atoms with Crippen molar-refractivity contribution in [2.24, 2.45) is 5.73 Å². The van der Waals surface area contributed by atoms with Gasteiger partial charge in [0.05, 0.1) is 0 Å². The average molecular weight is 258 g/mol. The summed E-state index contributed by atoms with van der Waals surface area (Å²) in [6.07, 6.45) is 9.54. The molecule has 0 fully saturated rings. The van der Waals surface area contributed by atoms with Crippen molar-refractivity contribution >= 4 is 0 Å². The van der Waals surface area contributed by atoms with E-state index >= 15 is 0 Å². The number of imidazole rings is 1. The molecule has 4 heteroatoms. The monoisotopic (exact) mass is 258 g/mol. The van der Waals surface area contributed by atoms with Gasteiger partial charge in [-0.2, -0.15) is 0 Å². The highest BCUT2D eigenvalue weighted by molar-refractivity contribution is 5.04. The molecular formula is C15H22N4. The molecule has 0 aliphatic heterocycles. The topological polar surface area (TPSA) is 56.7 Å². The summed E-state index contributed by atoms with van der Waals surface area (Å²) in [7, 11) is 0. The van der Waals surface area contributed by atoms with Gasteiger partial charge in [0.2, 0.25) is 0 Å². The molecule has 0 saturated heterocycles. The zero-order valence-electron chi connectivity index (χ0n) is 11.5. The molecule has 1 atom stereocenters. The van der Waals surface area contributed by atoms with Gasteiger partial charge in [-0.3, -0.25) is 4.98 Å². The van der Waals surface area contributed by atoms with Gasteiger partial charge in [0.15, 0.2) is 0 Å². The molecule has 0 spiro atoms. The van der Waals surface area contributed by atoms with Crippen molar-refractivity contribution in [1.82, 2.24) is 14.5 Å². The Morgan fingerprint density at radius 3 is 2.89 bits per heavy atom. The molecule has 2 N–H and O–H groups in total. The second-order valence-corrected chi connectivity index (χ2v) is 4.86. The second-order valence-electron chi connectivity index (χ2n) is 4.86. The van der Waals surface area contributed by atoms with Crippen molar-refractivity contribution in [3.8, 4) is 0 Å². The van der Waals surface area contributed by atoms with Crippen LogP contribution in [-0.4, -0.2) is 20.6 Å². The minimum Gasteiger partial charge on any atom is -0.335 e. The molecule has 102 valence electrons. The van der Waals surface area contributed by atoms with Gasteiger partial charge in [-0.15, -0.1) is 0 Å². The Bertz CT molecular complexity index is 478. The van der Waals surface area contributed by atoms with Gasteiger partial charge in [0, 0.05) is 43.3 Å². The van der Waals surface area contributed by atoms with E-state index in [0.717, 1.165) is 43.7 Å². The van der Waals surface area contributed by atoms with Gasteiger partial charge in [-0.05, 0) is 31.4 Å². The lowest BCUT2D eigenvalue weighted by Crippen LogP contribution is -2.25. The summed E-state index contributed by atoms with van der Waals surface area (Å²) in [5.74, 6) is 1.09. The first kappa shape index (κ1) is 13.7. The van der Waals surface area contributed by atoms with E-state index in [1.807, 2.05) is 36.8 Å². The van der Waals surface area contributed by atoms with Crippen molar-refractivity contribution in [3.63, 3.8) is 0 Å². The molecule has 2 heterocycles. The molecule has 2 aromatic heterocycles. The van der Waals surface area contributed by atoms with E-state index < -0.39 is 0 Å². The molecule has 4 nitrogen and oxygen atoms in total. The smallest absolute Gasteiger partial charge is 0.110 e. The summed E-state index contributed by atoms with van der Waals surface area (Å²) in [6.45, 7) is 3.19. The van der Waals surface area contributed by atoms with E-state index in [1.165, 1.54) is 0 Å². The zero-order chi connectivity index (χ0) is 13.5. The largest absolute Gasteiger partial charge is 0.335 e. The number of nitrogens with two attached hydrogens (primary N) is 1. The van der Waals surface area contributed by atoms with Crippen LogP contribution in [0.15, 0.2) is 36.8 Å². The summed E-state index contributed by atoms with van der Waals surface area (Å²) in [6, 6.07) is 6.14. The highest BCUT2D eigenvalue weighted by Gasteiger charge is 2.09. The van der Waals surface area contributed by atoms with Crippen molar-refractivity contribution in [3.05, 3.63) is 48.3 Å². The predicted molar refractivity (Wildman–Crippen MR) is 76.8 cm³/mol. The van der Waals surface area contributed by atoms with E-state index in [4.69, 9.17) is 5.73 Å². The number of nitrogens with zero attached hydrogens (tertiary/aromatic N) is 3. The SMILES string of the molecule is CCCn1ccnc1CC(N)CCc1ccccn1. The van der Waals surface area contributed by atoms with Crippen LogP contribution >= 0.6 is 0 Å². The predicted octanol–water partition coefficient (Wildman–Crippen LogP) is 2.19. The molecule has 0 amide bonds. The molecule has 0 aliphatic carbocycles. The van der Waals surface area contributed by atoms with Crippen molar-refractivity contribution < 1.29 is 0 Å².